The van der Waals surface area contributed by atoms with Crippen LogP contribution in [0.3, 0.4) is 0 Å². The van der Waals surface area contributed by atoms with Crippen LogP contribution < -0.4 is 9.64 Å². The molecule has 1 atom stereocenters. The lowest BCUT2D eigenvalue weighted by molar-refractivity contribution is 0.488. The highest BCUT2D eigenvalue weighted by molar-refractivity contribution is 6.04. The van der Waals surface area contributed by atoms with Crippen molar-refractivity contribution < 1.29 is 4.74 Å². The molecule has 0 saturated carbocycles. The van der Waals surface area contributed by atoms with Crippen molar-refractivity contribution in [1.82, 2.24) is 0 Å². The first-order valence-electron chi connectivity index (χ1n) is 24.4. The maximum atomic E-state index is 6.82. The first kappa shape index (κ1) is 39.1. The van der Waals surface area contributed by atoms with E-state index in [2.05, 4.69) is 254 Å². The Morgan fingerprint density at radius 1 is 0.300 bits per heavy atom. The summed E-state index contributed by atoms with van der Waals surface area (Å²) in [5.74, 6) is 1.69. The summed E-state index contributed by atoms with van der Waals surface area (Å²) in [5, 5.41) is 0. The van der Waals surface area contributed by atoms with E-state index in [1.165, 1.54) is 77.9 Å². The van der Waals surface area contributed by atoms with Crippen molar-refractivity contribution in [3.63, 3.8) is 0 Å². The van der Waals surface area contributed by atoms with Crippen LogP contribution in [-0.2, 0) is 11.8 Å². The molecule has 2 heteroatoms. The standard InChI is InChI=1S/C68H43NO/c1-2-18-43(19-3-1)48-21-12-16-32-63(48)69(47-36-39-65-58(42-47)53-26-9-7-24-51(53)55-28-13-17-33-64(55)70-65)46-35-38-61-57(41-46)52-25-8-6-23-50(52)54-27-10-14-30-59(54)68(61)60-31-15-11-29-56(60)67-62(68)37-34-45-40-44-20-4-5-22-49(44)66(45)67/h1-39,41-42H,40H2. The lowest BCUT2D eigenvalue weighted by Crippen LogP contribution is -2.29. The van der Waals surface area contributed by atoms with Crippen LogP contribution in [0.15, 0.2) is 249 Å². The summed E-state index contributed by atoms with van der Waals surface area (Å²) in [6.07, 6.45) is 0.948. The summed E-state index contributed by atoms with van der Waals surface area (Å²) < 4.78 is 6.82. The van der Waals surface area contributed by atoms with Gasteiger partial charge in [-0.3, -0.25) is 0 Å². The molecule has 4 aliphatic rings. The minimum atomic E-state index is -0.616. The van der Waals surface area contributed by atoms with E-state index < -0.39 is 5.41 Å². The molecule has 70 heavy (non-hydrogen) atoms. The molecule has 1 unspecified atom stereocenters. The monoisotopic (exact) mass is 889 g/mol. The molecular weight excluding hydrogens is 847 g/mol. The Morgan fingerprint density at radius 3 is 1.57 bits per heavy atom. The van der Waals surface area contributed by atoms with Gasteiger partial charge in [0.15, 0.2) is 0 Å². The zero-order chi connectivity index (χ0) is 45.9. The summed E-state index contributed by atoms with van der Waals surface area (Å²) in [5.41, 5.74) is 27.7. The van der Waals surface area contributed by atoms with E-state index >= 15 is 0 Å². The quantitative estimate of drug-likeness (QED) is 0.175. The van der Waals surface area contributed by atoms with E-state index in [-0.39, 0.29) is 0 Å². The summed E-state index contributed by atoms with van der Waals surface area (Å²) in [6, 6.07) is 92.3. The lowest BCUT2D eigenvalue weighted by atomic mass is 9.65. The molecular formula is C68H43NO. The molecule has 1 aliphatic heterocycles. The minimum absolute atomic E-state index is 0.616. The molecule has 0 aromatic heterocycles. The molecule has 11 aromatic rings. The molecule has 2 nitrogen and oxygen atoms in total. The Balaban J connectivity index is 1.03. The van der Waals surface area contributed by atoms with Crippen molar-refractivity contribution in [2.45, 2.75) is 11.8 Å². The van der Waals surface area contributed by atoms with Gasteiger partial charge >= 0.3 is 0 Å². The molecule has 0 bridgehead atoms. The molecule has 0 saturated heterocycles. The highest BCUT2D eigenvalue weighted by Gasteiger charge is 2.51. The number of benzene rings is 11. The van der Waals surface area contributed by atoms with Crippen molar-refractivity contribution >= 4 is 17.1 Å². The summed E-state index contributed by atoms with van der Waals surface area (Å²) in [6.45, 7) is 0. The SMILES string of the molecule is c1ccc(-c2ccccc2N(c2ccc3c(c2)-c2ccccc2-c2ccccc2O3)c2ccc3c(c2)-c2ccccc2-c2ccccc2C32c3ccccc3-c3c2ccc2c3-c3ccccc3C2)cc1. The highest BCUT2D eigenvalue weighted by Crippen LogP contribution is 2.64. The smallest absolute Gasteiger partial charge is 0.135 e. The van der Waals surface area contributed by atoms with Crippen LogP contribution in [0.1, 0.15) is 33.4 Å². The van der Waals surface area contributed by atoms with Gasteiger partial charge in [-0.05, 0) is 143 Å². The summed E-state index contributed by atoms with van der Waals surface area (Å²) in [7, 11) is 0. The minimum Gasteiger partial charge on any atom is -0.456 e. The van der Waals surface area contributed by atoms with Gasteiger partial charge in [0, 0.05) is 28.1 Å². The van der Waals surface area contributed by atoms with Crippen molar-refractivity contribution in [1.29, 1.82) is 0 Å². The molecule has 0 N–H and O–H groups in total. The predicted octanol–water partition coefficient (Wildman–Crippen LogP) is 17.8. The molecule has 11 aromatic carbocycles. The van der Waals surface area contributed by atoms with Gasteiger partial charge in [0.2, 0.25) is 0 Å². The van der Waals surface area contributed by atoms with Crippen LogP contribution in [0.25, 0.3) is 77.9 Å². The van der Waals surface area contributed by atoms with Crippen LogP contribution in [0.2, 0.25) is 0 Å². The highest BCUT2D eigenvalue weighted by atomic mass is 16.5. The third-order valence-corrected chi connectivity index (χ3v) is 15.5. The van der Waals surface area contributed by atoms with Crippen molar-refractivity contribution in [3.05, 3.63) is 282 Å². The number of para-hydroxylation sites is 2. The van der Waals surface area contributed by atoms with Crippen LogP contribution in [-0.4, -0.2) is 0 Å². The van der Waals surface area contributed by atoms with Crippen LogP contribution in [0.4, 0.5) is 17.1 Å². The van der Waals surface area contributed by atoms with E-state index in [9.17, 15) is 0 Å². The maximum Gasteiger partial charge on any atom is 0.135 e. The second-order valence-electron chi connectivity index (χ2n) is 19.0. The number of rotatable bonds is 4. The Bertz CT molecular complexity index is 3980. The fraction of sp³-hybridized carbons (Fsp3) is 0.0294. The van der Waals surface area contributed by atoms with Gasteiger partial charge in [-0.1, -0.05) is 206 Å². The first-order valence-corrected chi connectivity index (χ1v) is 24.4. The molecule has 1 spiro atoms. The van der Waals surface area contributed by atoms with Crippen LogP contribution in [0, 0.1) is 0 Å². The third-order valence-electron chi connectivity index (χ3n) is 15.5. The molecule has 1 heterocycles. The van der Waals surface area contributed by atoms with Crippen LogP contribution in [0.5, 0.6) is 11.5 Å². The Kier molecular flexibility index (Phi) is 8.38. The average molecular weight is 890 g/mol. The second-order valence-corrected chi connectivity index (χ2v) is 19.0. The largest absolute Gasteiger partial charge is 0.456 e. The van der Waals surface area contributed by atoms with Crippen molar-refractivity contribution in [2.75, 3.05) is 4.90 Å². The zero-order valence-electron chi connectivity index (χ0n) is 38.2. The fourth-order valence-electron chi connectivity index (χ4n) is 12.7. The Labute approximate surface area is 408 Å². The molecule has 15 rings (SSSR count). The average Bonchev–Trinajstić information content (AvgIpc) is 3.87. The number of ether oxygens (including phenoxy) is 1. The van der Waals surface area contributed by atoms with Crippen molar-refractivity contribution in [3.8, 4) is 89.4 Å². The summed E-state index contributed by atoms with van der Waals surface area (Å²) in [4.78, 5) is 2.47. The Hall–Kier alpha value is -8.98. The van der Waals surface area contributed by atoms with Gasteiger partial charge in [-0.15, -0.1) is 0 Å². The van der Waals surface area contributed by atoms with E-state index in [4.69, 9.17) is 4.74 Å². The van der Waals surface area contributed by atoms with E-state index in [0.717, 1.165) is 68.4 Å². The van der Waals surface area contributed by atoms with Crippen LogP contribution >= 0.6 is 0 Å². The molecule has 0 amide bonds. The van der Waals surface area contributed by atoms with Crippen molar-refractivity contribution in [2.24, 2.45) is 0 Å². The van der Waals surface area contributed by atoms with E-state index in [1.54, 1.807) is 0 Å². The van der Waals surface area contributed by atoms with Gasteiger partial charge < -0.3 is 9.64 Å². The molecule has 3 aliphatic carbocycles. The fourth-order valence-corrected chi connectivity index (χ4v) is 12.7. The second kappa shape index (κ2) is 15.0. The number of fused-ring (bicyclic) bond motifs is 21. The van der Waals surface area contributed by atoms with E-state index in [1.807, 2.05) is 0 Å². The van der Waals surface area contributed by atoms with Gasteiger partial charge in [-0.2, -0.15) is 0 Å². The van der Waals surface area contributed by atoms with Gasteiger partial charge in [0.05, 0.1) is 11.1 Å². The Morgan fingerprint density at radius 2 is 0.800 bits per heavy atom. The summed E-state index contributed by atoms with van der Waals surface area (Å²) >= 11 is 0. The molecule has 326 valence electrons. The zero-order valence-corrected chi connectivity index (χ0v) is 38.2. The normalized spacial score (nSPS) is 14.7. The van der Waals surface area contributed by atoms with Gasteiger partial charge in [0.25, 0.3) is 0 Å². The number of hydrogen-bond acceptors (Lipinski definition) is 2. The molecule has 0 fully saturated rings. The third kappa shape index (κ3) is 5.44. The van der Waals surface area contributed by atoms with Gasteiger partial charge in [0.1, 0.15) is 11.5 Å². The topological polar surface area (TPSA) is 12.5 Å². The first-order chi connectivity index (χ1) is 34.7. The number of hydrogen-bond donors (Lipinski definition) is 0. The number of anilines is 3. The molecule has 0 radical (unpaired) electrons. The predicted molar refractivity (Wildman–Crippen MR) is 287 cm³/mol. The number of nitrogens with zero attached hydrogens (tertiary/aromatic N) is 1. The van der Waals surface area contributed by atoms with Gasteiger partial charge in [-0.25, -0.2) is 0 Å². The van der Waals surface area contributed by atoms with E-state index in [0.29, 0.717) is 0 Å². The maximum absolute atomic E-state index is 6.82. The lowest BCUT2D eigenvalue weighted by Gasteiger charge is -2.36.